The lowest BCUT2D eigenvalue weighted by Gasteiger charge is -2.05. The SMILES string of the molecule is Cc1ccc(C)c2c(C)c(CNCC(C)C)oc12. The van der Waals surface area contributed by atoms with E-state index >= 15 is 0 Å². The van der Waals surface area contributed by atoms with Crippen LogP contribution in [0.1, 0.15) is 36.3 Å². The largest absolute Gasteiger partial charge is 0.459 e. The molecule has 1 aromatic heterocycles. The van der Waals surface area contributed by atoms with Crippen molar-refractivity contribution < 1.29 is 4.42 Å². The van der Waals surface area contributed by atoms with Crippen molar-refractivity contribution in [2.24, 2.45) is 5.92 Å². The van der Waals surface area contributed by atoms with Crippen LogP contribution in [0.5, 0.6) is 0 Å². The normalized spacial score (nSPS) is 11.7. The summed E-state index contributed by atoms with van der Waals surface area (Å²) >= 11 is 0. The van der Waals surface area contributed by atoms with Crippen LogP contribution in [0, 0.1) is 26.7 Å². The van der Waals surface area contributed by atoms with Crippen molar-refractivity contribution in [3.05, 3.63) is 34.6 Å². The molecule has 2 rings (SSSR count). The van der Waals surface area contributed by atoms with Gasteiger partial charge in [0.15, 0.2) is 0 Å². The summed E-state index contributed by atoms with van der Waals surface area (Å²) in [5, 5.41) is 4.74. The Kier molecular flexibility index (Phi) is 3.76. The van der Waals surface area contributed by atoms with Gasteiger partial charge < -0.3 is 9.73 Å². The van der Waals surface area contributed by atoms with Crippen LogP contribution in [-0.2, 0) is 6.54 Å². The van der Waals surface area contributed by atoms with Gasteiger partial charge in [0.25, 0.3) is 0 Å². The summed E-state index contributed by atoms with van der Waals surface area (Å²) in [4.78, 5) is 0. The smallest absolute Gasteiger partial charge is 0.137 e. The molecular weight excluding hydrogens is 222 g/mol. The van der Waals surface area contributed by atoms with E-state index in [4.69, 9.17) is 4.42 Å². The molecular formula is C16H23NO. The Balaban J connectivity index is 2.33. The van der Waals surface area contributed by atoms with E-state index in [-0.39, 0.29) is 0 Å². The Morgan fingerprint density at radius 1 is 1.11 bits per heavy atom. The summed E-state index contributed by atoms with van der Waals surface area (Å²) in [6, 6.07) is 4.30. The molecule has 0 aliphatic carbocycles. The summed E-state index contributed by atoms with van der Waals surface area (Å²) in [6.45, 7) is 12.7. The lowest BCUT2D eigenvalue weighted by molar-refractivity contribution is 0.482. The van der Waals surface area contributed by atoms with Crippen molar-refractivity contribution in [3.63, 3.8) is 0 Å². The predicted octanol–water partition coefficient (Wildman–Crippen LogP) is 4.10. The van der Waals surface area contributed by atoms with Gasteiger partial charge in [0, 0.05) is 5.39 Å². The highest BCUT2D eigenvalue weighted by molar-refractivity contribution is 5.87. The third kappa shape index (κ3) is 2.44. The minimum absolute atomic E-state index is 0.665. The Morgan fingerprint density at radius 2 is 1.78 bits per heavy atom. The lowest BCUT2D eigenvalue weighted by Crippen LogP contribution is -2.18. The van der Waals surface area contributed by atoms with Gasteiger partial charge in [-0.15, -0.1) is 0 Å². The molecule has 1 aromatic carbocycles. The van der Waals surface area contributed by atoms with E-state index < -0.39 is 0 Å². The first-order valence-electron chi connectivity index (χ1n) is 6.69. The fourth-order valence-corrected chi connectivity index (χ4v) is 2.37. The van der Waals surface area contributed by atoms with Crippen LogP contribution in [0.4, 0.5) is 0 Å². The molecule has 2 heteroatoms. The number of hydrogen-bond acceptors (Lipinski definition) is 2. The van der Waals surface area contributed by atoms with Crippen LogP contribution in [0.3, 0.4) is 0 Å². The molecule has 18 heavy (non-hydrogen) atoms. The minimum Gasteiger partial charge on any atom is -0.459 e. The summed E-state index contributed by atoms with van der Waals surface area (Å²) in [5.41, 5.74) is 4.84. The second kappa shape index (κ2) is 5.15. The zero-order chi connectivity index (χ0) is 13.3. The number of benzene rings is 1. The lowest BCUT2D eigenvalue weighted by atomic mass is 10.0. The first kappa shape index (κ1) is 13.2. The Labute approximate surface area is 109 Å². The average molecular weight is 245 g/mol. The van der Waals surface area contributed by atoms with Crippen molar-refractivity contribution in [2.75, 3.05) is 6.54 Å². The maximum absolute atomic E-state index is 6.03. The highest BCUT2D eigenvalue weighted by Gasteiger charge is 2.13. The molecule has 0 atom stereocenters. The second-order valence-corrected chi connectivity index (χ2v) is 5.58. The van der Waals surface area contributed by atoms with Crippen LogP contribution in [0.2, 0.25) is 0 Å². The number of rotatable bonds is 4. The quantitative estimate of drug-likeness (QED) is 0.877. The molecule has 0 saturated carbocycles. The van der Waals surface area contributed by atoms with Gasteiger partial charge in [-0.25, -0.2) is 0 Å². The van der Waals surface area contributed by atoms with E-state index in [2.05, 4.69) is 52.1 Å². The Bertz CT molecular complexity index is 552. The summed E-state index contributed by atoms with van der Waals surface area (Å²) in [6.07, 6.45) is 0. The number of furan rings is 1. The molecule has 98 valence electrons. The van der Waals surface area contributed by atoms with E-state index in [1.54, 1.807) is 0 Å². The molecule has 0 bridgehead atoms. The van der Waals surface area contributed by atoms with Gasteiger partial charge in [-0.1, -0.05) is 26.0 Å². The number of hydrogen-bond donors (Lipinski definition) is 1. The van der Waals surface area contributed by atoms with Gasteiger partial charge in [-0.05, 0) is 49.9 Å². The maximum Gasteiger partial charge on any atom is 0.137 e. The van der Waals surface area contributed by atoms with Crippen molar-refractivity contribution in [1.29, 1.82) is 0 Å². The number of aryl methyl sites for hydroxylation is 3. The van der Waals surface area contributed by atoms with Crippen LogP contribution >= 0.6 is 0 Å². The molecule has 0 aliphatic rings. The third-order valence-electron chi connectivity index (χ3n) is 3.42. The van der Waals surface area contributed by atoms with E-state index in [1.165, 1.54) is 22.1 Å². The average Bonchev–Trinajstić information content (AvgIpc) is 2.63. The topological polar surface area (TPSA) is 25.2 Å². The zero-order valence-electron chi connectivity index (χ0n) is 12.1. The van der Waals surface area contributed by atoms with Crippen LogP contribution < -0.4 is 5.32 Å². The van der Waals surface area contributed by atoms with Gasteiger partial charge in [0.05, 0.1) is 6.54 Å². The molecule has 1 heterocycles. The van der Waals surface area contributed by atoms with Crippen molar-refractivity contribution in [2.45, 2.75) is 41.2 Å². The van der Waals surface area contributed by atoms with Gasteiger partial charge in [0.2, 0.25) is 0 Å². The molecule has 2 nitrogen and oxygen atoms in total. The first-order valence-corrected chi connectivity index (χ1v) is 6.69. The van der Waals surface area contributed by atoms with Crippen LogP contribution in [0.25, 0.3) is 11.0 Å². The maximum atomic E-state index is 6.03. The molecule has 0 spiro atoms. The molecule has 0 fully saturated rings. The fourth-order valence-electron chi connectivity index (χ4n) is 2.37. The monoisotopic (exact) mass is 245 g/mol. The highest BCUT2D eigenvalue weighted by Crippen LogP contribution is 2.30. The fraction of sp³-hybridized carbons (Fsp3) is 0.500. The predicted molar refractivity (Wildman–Crippen MR) is 77.0 cm³/mol. The molecule has 2 aromatic rings. The molecule has 0 radical (unpaired) electrons. The number of nitrogens with one attached hydrogen (secondary N) is 1. The van der Waals surface area contributed by atoms with Crippen molar-refractivity contribution >= 4 is 11.0 Å². The molecule has 1 N–H and O–H groups in total. The minimum atomic E-state index is 0.665. The molecule has 0 saturated heterocycles. The summed E-state index contributed by atoms with van der Waals surface area (Å²) in [7, 11) is 0. The Hall–Kier alpha value is -1.28. The second-order valence-electron chi connectivity index (χ2n) is 5.58. The van der Waals surface area contributed by atoms with Gasteiger partial charge >= 0.3 is 0 Å². The number of fused-ring (bicyclic) bond motifs is 1. The van der Waals surface area contributed by atoms with Gasteiger partial charge in [0.1, 0.15) is 11.3 Å². The first-order chi connectivity index (χ1) is 8.50. The molecule has 0 amide bonds. The van der Waals surface area contributed by atoms with Gasteiger partial charge in [-0.2, -0.15) is 0 Å². The van der Waals surface area contributed by atoms with Crippen LogP contribution in [0.15, 0.2) is 16.5 Å². The van der Waals surface area contributed by atoms with E-state index in [1.807, 2.05) is 0 Å². The van der Waals surface area contributed by atoms with Crippen LogP contribution in [-0.4, -0.2) is 6.54 Å². The Morgan fingerprint density at radius 3 is 2.39 bits per heavy atom. The van der Waals surface area contributed by atoms with Crippen molar-refractivity contribution in [3.8, 4) is 0 Å². The summed E-state index contributed by atoms with van der Waals surface area (Å²) < 4.78 is 6.03. The van der Waals surface area contributed by atoms with Crippen molar-refractivity contribution in [1.82, 2.24) is 5.32 Å². The highest BCUT2D eigenvalue weighted by atomic mass is 16.3. The standard InChI is InChI=1S/C16H23NO/c1-10(2)8-17-9-14-13(5)15-11(3)6-7-12(4)16(15)18-14/h6-7,10,17H,8-9H2,1-5H3. The molecule has 0 aliphatic heterocycles. The zero-order valence-corrected chi connectivity index (χ0v) is 12.1. The van der Waals surface area contributed by atoms with E-state index in [0.29, 0.717) is 5.92 Å². The molecule has 0 unspecified atom stereocenters. The van der Waals surface area contributed by atoms with E-state index in [0.717, 1.165) is 24.4 Å². The summed E-state index contributed by atoms with van der Waals surface area (Å²) in [5.74, 6) is 1.74. The van der Waals surface area contributed by atoms with Gasteiger partial charge in [-0.3, -0.25) is 0 Å². The van der Waals surface area contributed by atoms with E-state index in [9.17, 15) is 0 Å². The third-order valence-corrected chi connectivity index (χ3v) is 3.42.